The number of aromatic nitrogens is 5. The molecule has 0 saturated carbocycles. The average molecular weight is 552 g/mol. The molecule has 0 saturated heterocycles. The summed E-state index contributed by atoms with van der Waals surface area (Å²) in [5.74, 6) is -0.323. The van der Waals surface area contributed by atoms with E-state index >= 15 is 0 Å². The summed E-state index contributed by atoms with van der Waals surface area (Å²) in [6.07, 6.45) is 3.39. The molecule has 0 aliphatic heterocycles. The highest BCUT2D eigenvalue weighted by Gasteiger charge is 2.29. The molecule has 4 rings (SSSR count). The predicted molar refractivity (Wildman–Crippen MR) is 153 cm³/mol. The second kappa shape index (κ2) is 10.5. The Morgan fingerprint density at radius 2 is 2.05 bits per heavy atom. The van der Waals surface area contributed by atoms with Crippen molar-refractivity contribution in [3.05, 3.63) is 41.2 Å². The van der Waals surface area contributed by atoms with Crippen molar-refractivity contribution in [1.29, 1.82) is 5.26 Å². The number of rotatable bonds is 9. The van der Waals surface area contributed by atoms with Crippen molar-refractivity contribution in [3.63, 3.8) is 0 Å². The Hall–Kier alpha value is -3.26. The van der Waals surface area contributed by atoms with Gasteiger partial charge in [0.1, 0.15) is 23.6 Å². The van der Waals surface area contributed by atoms with Crippen LogP contribution in [0.15, 0.2) is 30.6 Å². The topological polar surface area (TPSA) is 111 Å². The summed E-state index contributed by atoms with van der Waals surface area (Å²) in [6, 6.07) is 8.48. The average Bonchev–Trinajstić information content (AvgIpc) is 3.38. The fourth-order valence-electron chi connectivity index (χ4n) is 3.94. The first-order valence-electron chi connectivity index (χ1n) is 12.6. The number of benzene rings is 1. The Morgan fingerprint density at radius 3 is 2.74 bits per heavy atom. The first-order chi connectivity index (χ1) is 17.8. The molecule has 0 unspecified atom stereocenters. The molecule has 3 aromatic heterocycles. The number of hydrogen-bond acceptors (Lipinski definition) is 6. The first kappa shape index (κ1) is 27.8. The molecule has 3 heterocycles. The highest BCUT2D eigenvalue weighted by Crippen LogP contribution is 2.30. The van der Waals surface area contributed by atoms with Gasteiger partial charge in [0.05, 0.1) is 28.8 Å². The molecule has 0 aliphatic rings. The van der Waals surface area contributed by atoms with Crippen molar-refractivity contribution >= 4 is 47.6 Å². The highest BCUT2D eigenvalue weighted by atomic mass is 35.5. The number of halogens is 1. The van der Waals surface area contributed by atoms with Crippen LogP contribution in [0.1, 0.15) is 31.1 Å². The maximum atomic E-state index is 13.4. The minimum absolute atomic E-state index is 0.256. The summed E-state index contributed by atoms with van der Waals surface area (Å²) in [5.41, 5.74) is 2.69. The SMILES string of the molecule is C[C@H](NC(=O)c1cn(COCC[Si](C)(C)C)c2ncc(-c3nn(C)c4cc(Cl)ccc34)nc12)C(C)(C)C#N. The number of nitrogens with zero attached hydrogens (tertiary/aromatic N) is 6. The lowest BCUT2D eigenvalue weighted by Gasteiger charge is -2.25. The van der Waals surface area contributed by atoms with Gasteiger partial charge in [-0.1, -0.05) is 31.2 Å². The zero-order valence-electron chi connectivity index (χ0n) is 23.0. The molecule has 1 aromatic carbocycles. The molecule has 38 heavy (non-hydrogen) atoms. The highest BCUT2D eigenvalue weighted by molar-refractivity contribution is 6.76. The van der Waals surface area contributed by atoms with E-state index in [0.717, 1.165) is 16.9 Å². The van der Waals surface area contributed by atoms with Crippen molar-refractivity contribution < 1.29 is 9.53 Å². The quantitative estimate of drug-likeness (QED) is 0.213. The smallest absolute Gasteiger partial charge is 0.255 e. The number of amides is 1. The molecule has 1 amide bonds. The van der Waals surface area contributed by atoms with E-state index in [1.807, 2.05) is 36.7 Å². The number of fused-ring (bicyclic) bond motifs is 2. The molecule has 9 nitrogen and oxygen atoms in total. The number of nitriles is 1. The lowest BCUT2D eigenvalue weighted by atomic mass is 9.87. The third-order valence-corrected chi connectivity index (χ3v) is 8.75. The molecule has 0 bridgehead atoms. The molecular formula is C27H34ClN7O2Si. The van der Waals surface area contributed by atoms with E-state index < -0.39 is 13.5 Å². The van der Waals surface area contributed by atoms with Crippen LogP contribution in [-0.2, 0) is 18.5 Å². The van der Waals surface area contributed by atoms with Crippen molar-refractivity contribution in [2.75, 3.05) is 6.61 Å². The minimum atomic E-state index is -1.24. The van der Waals surface area contributed by atoms with Gasteiger partial charge in [-0.3, -0.25) is 9.48 Å². The lowest BCUT2D eigenvalue weighted by Crippen LogP contribution is -2.42. The van der Waals surface area contributed by atoms with Gasteiger partial charge >= 0.3 is 0 Å². The Labute approximate surface area is 228 Å². The molecule has 4 aromatic rings. The lowest BCUT2D eigenvalue weighted by molar-refractivity contribution is 0.0886. The third-order valence-electron chi connectivity index (χ3n) is 6.81. The number of nitrogens with one attached hydrogen (secondary N) is 1. The van der Waals surface area contributed by atoms with E-state index in [9.17, 15) is 10.1 Å². The minimum Gasteiger partial charge on any atom is -0.361 e. The number of hydrogen-bond donors (Lipinski definition) is 1. The van der Waals surface area contributed by atoms with E-state index in [-0.39, 0.29) is 18.7 Å². The van der Waals surface area contributed by atoms with Crippen molar-refractivity contribution in [3.8, 4) is 17.5 Å². The molecular weight excluding hydrogens is 518 g/mol. The van der Waals surface area contributed by atoms with Gasteiger partial charge in [-0.25, -0.2) is 9.97 Å². The fourth-order valence-corrected chi connectivity index (χ4v) is 4.87. The van der Waals surface area contributed by atoms with Crippen LogP contribution < -0.4 is 5.32 Å². The number of carbonyl (C=O) groups excluding carboxylic acids is 1. The normalized spacial score (nSPS) is 13.1. The van der Waals surface area contributed by atoms with Crippen LogP contribution in [0.5, 0.6) is 0 Å². The molecule has 200 valence electrons. The maximum absolute atomic E-state index is 13.4. The van der Waals surface area contributed by atoms with Gasteiger partial charge in [-0.2, -0.15) is 10.4 Å². The van der Waals surface area contributed by atoms with Gasteiger partial charge in [0, 0.05) is 44.4 Å². The molecule has 0 fully saturated rings. The van der Waals surface area contributed by atoms with E-state index in [2.05, 4.69) is 41.1 Å². The molecule has 0 aliphatic carbocycles. The van der Waals surface area contributed by atoms with Gasteiger partial charge in [0.25, 0.3) is 5.91 Å². The van der Waals surface area contributed by atoms with Crippen LogP contribution in [-0.4, -0.2) is 50.9 Å². The summed E-state index contributed by atoms with van der Waals surface area (Å²) < 4.78 is 9.52. The van der Waals surface area contributed by atoms with Crippen LogP contribution in [0.25, 0.3) is 33.5 Å². The summed E-state index contributed by atoms with van der Waals surface area (Å²) >= 11 is 6.20. The van der Waals surface area contributed by atoms with Gasteiger partial charge in [0.15, 0.2) is 5.65 Å². The van der Waals surface area contributed by atoms with Crippen molar-refractivity contribution in [2.24, 2.45) is 12.5 Å². The standard InChI is InChI=1S/C27H34ClN7O2Si/c1-17(27(2,3)15-29)31-26(36)20-14-35(16-37-10-11-38(5,6)7)25-24(20)32-21(13-30-25)23-19-9-8-18(28)12-22(19)34(4)33-23/h8-9,12-14,17H,10-11,16H2,1-7H3,(H,31,36)/t17-/m0/s1. The van der Waals surface area contributed by atoms with Crippen molar-refractivity contribution in [2.45, 2.75) is 59.2 Å². The Kier molecular flexibility index (Phi) is 7.66. The van der Waals surface area contributed by atoms with Crippen molar-refractivity contribution in [1.82, 2.24) is 29.6 Å². The molecule has 0 spiro atoms. The van der Waals surface area contributed by atoms with Crippen LogP contribution in [0.2, 0.25) is 30.7 Å². The molecule has 1 N–H and O–H groups in total. The molecule has 1 atom stereocenters. The number of carbonyl (C=O) groups is 1. The third kappa shape index (κ3) is 5.75. The van der Waals surface area contributed by atoms with E-state index in [1.54, 1.807) is 30.9 Å². The van der Waals surface area contributed by atoms with Crippen LogP contribution in [0, 0.1) is 16.7 Å². The van der Waals surface area contributed by atoms with Gasteiger partial charge in [0.2, 0.25) is 0 Å². The van der Waals surface area contributed by atoms with E-state index in [4.69, 9.17) is 21.3 Å². The summed E-state index contributed by atoms with van der Waals surface area (Å²) in [7, 11) is 0.606. The fraction of sp³-hybridized carbons (Fsp3) is 0.444. The summed E-state index contributed by atoms with van der Waals surface area (Å²) in [4.78, 5) is 23.0. The summed E-state index contributed by atoms with van der Waals surface area (Å²) in [5, 5.41) is 18.6. The Morgan fingerprint density at radius 1 is 1.32 bits per heavy atom. The molecule has 0 radical (unpaired) electrons. The predicted octanol–water partition coefficient (Wildman–Crippen LogP) is 5.62. The van der Waals surface area contributed by atoms with E-state index in [0.29, 0.717) is 39.7 Å². The second-order valence-corrected chi connectivity index (χ2v) is 17.5. The van der Waals surface area contributed by atoms with Gasteiger partial charge in [-0.15, -0.1) is 0 Å². The van der Waals surface area contributed by atoms with Crippen LogP contribution in [0.3, 0.4) is 0 Å². The maximum Gasteiger partial charge on any atom is 0.255 e. The number of aryl methyl sites for hydroxylation is 1. The Bertz CT molecular complexity index is 1550. The van der Waals surface area contributed by atoms with Gasteiger partial charge < -0.3 is 14.6 Å². The van der Waals surface area contributed by atoms with Crippen LogP contribution in [0.4, 0.5) is 0 Å². The number of ether oxygens (including phenoxy) is 1. The zero-order valence-corrected chi connectivity index (χ0v) is 24.7. The largest absolute Gasteiger partial charge is 0.361 e. The van der Waals surface area contributed by atoms with E-state index in [1.165, 1.54) is 0 Å². The first-order valence-corrected chi connectivity index (χ1v) is 16.7. The van der Waals surface area contributed by atoms with Crippen LogP contribution >= 0.6 is 11.6 Å². The second-order valence-electron chi connectivity index (χ2n) is 11.5. The summed E-state index contributed by atoms with van der Waals surface area (Å²) in [6.45, 7) is 13.2. The van der Waals surface area contributed by atoms with Gasteiger partial charge in [-0.05, 0) is 45.0 Å². The molecule has 11 heteroatoms. The Balaban J connectivity index is 1.76. The zero-order chi connectivity index (χ0) is 27.8. The monoisotopic (exact) mass is 551 g/mol.